The van der Waals surface area contributed by atoms with E-state index < -0.39 is 0 Å². The molecular formula is C5H8N2. The first kappa shape index (κ1) is 6.03. The predicted molar refractivity (Wildman–Crippen MR) is 28.4 cm³/mol. The van der Waals surface area contributed by atoms with E-state index in [-0.39, 0.29) is 0 Å². The molecule has 0 aromatic heterocycles. The molecule has 0 unspecified atom stereocenters. The van der Waals surface area contributed by atoms with Crippen LogP contribution in [-0.4, -0.2) is 6.54 Å². The molecule has 0 aliphatic carbocycles. The maximum Gasteiger partial charge on any atom is 0.176 e. The average molecular weight is 96.1 g/mol. The molecule has 38 valence electrons. The van der Waals surface area contributed by atoms with Crippen LogP contribution < -0.4 is 5.32 Å². The third-order valence-corrected chi connectivity index (χ3v) is 0.535. The van der Waals surface area contributed by atoms with Crippen LogP contribution >= 0.6 is 0 Å². The summed E-state index contributed by atoms with van der Waals surface area (Å²) in [5.41, 5.74) is 0. The Morgan fingerprint density at radius 3 is 3.00 bits per heavy atom. The Bertz CT molecular complexity index is 88.7. The Hall–Kier alpha value is -0.970. The number of hydrogen-bond acceptors (Lipinski definition) is 2. The molecule has 0 heterocycles. The largest absolute Gasteiger partial charge is 0.320 e. The maximum absolute atomic E-state index is 7.90. The molecule has 2 nitrogen and oxygen atoms in total. The molecular weight excluding hydrogens is 88.1 g/mol. The van der Waals surface area contributed by atoms with E-state index in [1.54, 1.807) is 6.19 Å². The van der Waals surface area contributed by atoms with Gasteiger partial charge in [-0.2, -0.15) is 5.26 Å². The molecule has 2 heteroatoms. The Morgan fingerprint density at radius 2 is 2.57 bits per heavy atom. The van der Waals surface area contributed by atoms with Crippen molar-refractivity contribution in [1.29, 1.82) is 5.26 Å². The fraction of sp³-hybridized carbons (Fsp3) is 0.400. The van der Waals surface area contributed by atoms with Crippen LogP contribution in [0.2, 0.25) is 0 Å². The quantitative estimate of drug-likeness (QED) is 0.237. The van der Waals surface area contributed by atoms with Crippen molar-refractivity contribution >= 4 is 0 Å². The van der Waals surface area contributed by atoms with Crippen molar-refractivity contribution in [3.63, 3.8) is 0 Å². The summed E-state index contributed by atoms with van der Waals surface area (Å²) in [5, 5.41) is 10.4. The Kier molecular flexibility index (Phi) is 4.33. The predicted octanol–water partition coefficient (Wildman–Crippen LogP) is 0.633. The van der Waals surface area contributed by atoms with Crippen LogP contribution in [0.4, 0.5) is 0 Å². The molecule has 0 fully saturated rings. The summed E-state index contributed by atoms with van der Waals surface area (Å²) in [5.74, 6) is 0. The van der Waals surface area contributed by atoms with Crippen molar-refractivity contribution in [2.24, 2.45) is 0 Å². The van der Waals surface area contributed by atoms with Gasteiger partial charge in [-0.25, -0.2) is 0 Å². The summed E-state index contributed by atoms with van der Waals surface area (Å²) in [6, 6.07) is 0. The summed E-state index contributed by atoms with van der Waals surface area (Å²) in [6.07, 6.45) is 5.57. The third kappa shape index (κ3) is 5.03. The van der Waals surface area contributed by atoms with Crippen molar-refractivity contribution < 1.29 is 0 Å². The highest BCUT2D eigenvalue weighted by molar-refractivity contribution is 4.82. The van der Waals surface area contributed by atoms with E-state index in [0.717, 1.165) is 0 Å². The van der Waals surface area contributed by atoms with Gasteiger partial charge in [-0.05, 0) is 6.92 Å². The summed E-state index contributed by atoms with van der Waals surface area (Å²) in [6.45, 7) is 2.56. The smallest absolute Gasteiger partial charge is 0.176 e. The minimum atomic E-state index is 0.646. The van der Waals surface area contributed by atoms with Crippen LogP contribution in [0.3, 0.4) is 0 Å². The Morgan fingerprint density at radius 1 is 1.86 bits per heavy atom. The van der Waals surface area contributed by atoms with E-state index in [1.807, 2.05) is 19.1 Å². The van der Waals surface area contributed by atoms with Gasteiger partial charge in [0.2, 0.25) is 0 Å². The zero-order valence-corrected chi connectivity index (χ0v) is 4.31. The first-order chi connectivity index (χ1) is 3.41. The average Bonchev–Trinajstić information content (AvgIpc) is 1.69. The maximum atomic E-state index is 7.90. The molecule has 0 spiro atoms. The second kappa shape index (κ2) is 5.03. The van der Waals surface area contributed by atoms with Crippen LogP contribution in [-0.2, 0) is 0 Å². The van der Waals surface area contributed by atoms with Crippen molar-refractivity contribution in [3.8, 4) is 6.19 Å². The molecule has 0 aliphatic heterocycles. The second-order valence-corrected chi connectivity index (χ2v) is 1.06. The number of nitriles is 1. The number of nitrogens with one attached hydrogen (secondary N) is 1. The molecule has 0 aromatic carbocycles. The zero-order chi connectivity index (χ0) is 5.54. The molecule has 0 atom stereocenters. The Balaban J connectivity index is 2.87. The summed E-state index contributed by atoms with van der Waals surface area (Å²) in [7, 11) is 0. The topological polar surface area (TPSA) is 35.8 Å². The first-order valence-corrected chi connectivity index (χ1v) is 2.15. The van der Waals surface area contributed by atoms with Gasteiger partial charge in [-0.3, -0.25) is 0 Å². The zero-order valence-electron chi connectivity index (χ0n) is 4.31. The highest BCUT2D eigenvalue weighted by Gasteiger charge is 1.66. The third-order valence-electron chi connectivity index (χ3n) is 0.535. The molecule has 7 heavy (non-hydrogen) atoms. The lowest BCUT2D eigenvalue weighted by molar-refractivity contribution is 0.999. The summed E-state index contributed by atoms with van der Waals surface area (Å²) in [4.78, 5) is 0. The normalized spacial score (nSPS) is 8.57. The van der Waals surface area contributed by atoms with Gasteiger partial charge in [0.15, 0.2) is 6.19 Å². The van der Waals surface area contributed by atoms with Gasteiger partial charge in [0, 0.05) is 6.54 Å². The van der Waals surface area contributed by atoms with Crippen LogP contribution in [0.5, 0.6) is 0 Å². The molecule has 0 aliphatic rings. The number of allylic oxidation sites excluding steroid dienone is 1. The van der Waals surface area contributed by atoms with Crippen molar-refractivity contribution in [3.05, 3.63) is 12.2 Å². The lowest BCUT2D eigenvalue weighted by Gasteiger charge is -1.81. The molecule has 0 bridgehead atoms. The van der Waals surface area contributed by atoms with Gasteiger partial charge < -0.3 is 5.32 Å². The number of nitrogens with zero attached hydrogens (tertiary/aromatic N) is 1. The Labute approximate surface area is 43.5 Å². The van der Waals surface area contributed by atoms with Gasteiger partial charge in [-0.15, -0.1) is 0 Å². The van der Waals surface area contributed by atoms with Crippen molar-refractivity contribution in [1.82, 2.24) is 5.32 Å². The minimum absolute atomic E-state index is 0.646. The van der Waals surface area contributed by atoms with E-state index in [1.165, 1.54) is 0 Å². The van der Waals surface area contributed by atoms with Gasteiger partial charge in [-0.1, -0.05) is 12.2 Å². The van der Waals surface area contributed by atoms with E-state index in [4.69, 9.17) is 5.26 Å². The lowest BCUT2D eigenvalue weighted by atomic mass is 10.5. The van der Waals surface area contributed by atoms with Crippen LogP contribution in [0, 0.1) is 11.5 Å². The first-order valence-electron chi connectivity index (χ1n) is 2.15. The van der Waals surface area contributed by atoms with E-state index >= 15 is 0 Å². The van der Waals surface area contributed by atoms with Crippen molar-refractivity contribution in [2.45, 2.75) is 6.92 Å². The second-order valence-electron chi connectivity index (χ2n) is 1.06. The molecule has 0 rings (SSSR count). The number of hydrogen-bond donors (Lipinski definition) is 1. The molecule has 0 aromatic rings. The van der Waals surface area contributed by atoms with E-state index in [0.29, 0.717) is 6.54 Å². The molecule has 0 saturated carbocycles. The van der Waals surface area contributed by atoms with Crippen molar-refractivity contribution in [2.75, 3.05) is 6.54 Å². The van der Waals surface area contributed by atoms with Gasteiger partial charge >= 0.3 is 0 Å². The fourth-order valence-electron chi connectivity index (χ4n) is 0.222. The molecule has 0 amide bonds. The van der Waals surface area contributed by atoms with Crippen LogP contribution in [0.25, 0.3) is 0 Å². The summed E-state index contributed by atoms with van der Waals surface area (Å²) < 4.78 is 0. The molecule has 1 N–H and O–H groups in total. The minimum Gasteiger partial charge on any atom is -0.320 e. The van der Waals surface area contributed by atoms with Gasteiger partial charge in [0.25, 0.3) is 0 Å². The highest BCUT2D eigenvalue weighted by Crippen LogP contribution is 1.62. The SMILES string of the molecule is C/C=C/CNC#N. The lowest BCUT2D eigenvalue weighted by Crippen LogP contribution is -2.02. The van der Waals surface area contributed by atoms with Crippen LogP contribution in [0.1, 0.15) is 6.92 Å². The molecule has 0 saturated heterocycles. The van der Waals surface area contributed by atoms with Gasteiger partial charge in [0.1, 0.15) is 0 Å². The fourth-order valence-corrected chi connectivity index (χ4v) is 0.222. The highest BCUT2D eigenvalue weighted by atomic mass is 14.8. The van der Waals surface area contributed by atoms with E-state index in [9.17, 15) is 0 Å². The monoisotopic (exact) mass is 96.1 g/mol. The summed E-state index contributed by atoms with van der Waals surface area (Å²) >= 11 is 0. The standard InChI is InChI=1S/C5H8N2/c1-2-3-4-7-5-6/h2-3,7H,4H2,1H3/b3-2+. The van der Waals surface area contributed by atoms with E-state index in [2.05, 4.69) is 5.32 Å². The van der Waals surface area contributed by atoms with Crippen LogP contribution in [0.15, 0.2) is 12.2 Å². The molecule has 0 radical (unpaired) electrons. The number of rotatable bonds is 2. The van der Waals surface area contributed by atoms with Gasteiger partial charge in [0.05, 0.1) is 0 Å².